The van der Waals surface area contributed by atoms with Gasteiger partial charge in [0.2, 0.25) is 15.8 Å². The fourth-order valence-corrected chi connectivity index (χ4v) is 2.78. The van der Waals surface area contributed by atoms with Gasteiger partial charge in [0.25, 0.3) is 0 Å². The van der Waals surface area contributed by atoms with E-state index in [1.54, 1.807) is 30.1 Å². The molecule has 1 heterocycles. The van der Waals surface area contributed by atoms with Crippen LogP contribution in [-0.4, -0.2) is 24.0 Å². The Morgan fingerprint density at radius 2 is 2.06 bits per heavy atom. The molecule has 7 heteroatoms. The second-order valence-electron chi connectivity index (χ2n) is 4.11. The van der Waals surface area contributed by atoms with Crippen LogP contribution in [0.1, 0.15) is 0 Å². The summed E-state index contributed by atoms with van der Waals surface area (Å²) in [4.78, 5) is 11.8. The van der Waals surface area contributed by atoms with E-state index in [0.29, 0.717) is 16.4 Å². The quantitative estimate of drug-likeness (QED) is 0.637. The molecule has 0 saturated heterocycles. The van der Waals surface area contributed by atoms with E-state index in [1.165, 1.54) is 6.08 Å². The first-order valence-electron chi connectivity index (χ1n) is 5.13. The van der Waals surface area contributed by atoms with Crippen LogP contribution in [0.5, 0.6) is 0 Å². The number of carbonyl (C=O) groups excluding carboxylic acids is 1. The highest BCUT2D eigenvalue weighted by atomic mass is 32.2. The molecule has 0 amide bonds. The van der Waals surface area contributed by atoms with Gasteiger partial charge in [0.1, 0.15) is 4.91 Å². The fraction of sp³-hybridized carbons (Fsp3) is 0.0909. The number of aryl methyl sites for hydroxylation is 1. The number of ketones is 1. The Morgan fingerprint density at radius 3 is 2.72 bits per heavy atom. The molecular weight excluding hydrogens is 254 g/mol. The molecule has 0 spiro atoms. The third kappa shape index (κ3) is 1.34. The molecule has 1 aromatic rings. The predicted octanol–water partition coefficient (Wildman–Crippen LogP) is -1.95. The Labute approximate surface area is 102 Å². The number of nitrogens with two attached hydrogens (primary N) is 1. The Kier molecular flexibility index (Phi) is 2.02. The van der Waals surface area contributed by atoms with Crippen LogP contribution >= 0.6 is 0 Å². The summed E-state index contributed by atoms with van der Waals surface area (Å²) in [6.45, 7) is 0. The van der Waals surface area contributed by atoms with Crippen LogP contribution in [0.15, 0.2) is 28.8 Å². The molecule has 0 atom stereocenters. The molecule has 2 aliphatic carbocycles. The summed E-state index contributed by atoms with van der Waals surface area (Å²) in [6.07, 6.45) is 6.17. The van der Waals surface area contributed by atoms with E-state index in [9.17, 15) is 13.2 Å². The Balaban J connectivity index is 2.36. The fourth-order valence-electron chi connectivity index (χ4n) is 2.16. The van der Waals surface area contributed by atoms with Gasteiger partial charge >= 0.3 is 0 Å². The standard InChI is InChI=1S/C11H9N3O3S/c1-14-8-4-6-2-3-9(18(12,16)17)11(15)10(6)7(8)5-13-14/h2-5H,1H3,(H2,12,16,17). The largest absolute Gasteiger partial charge is 0.288 e. The van der Waals surface area contributed by atoms with Crippen molar-refractivity contribution in [3.8, 4) is 0 Å². The summed E-state index contributed by atoms with van der Waals surface area (Å²) in [5, 5.41) is 10.5. The number of carbonyl (C=O) groups is 1. The van der Waals surface area contributed by atoms with Crippen LogP contribution in [0.3, 0.4) is 0 Å². The number of allylic oxidation sites excluding steroid dienone is 4. The molecule has 6 nitrogen and oxygen atoms in total. The molecule has 0 bridgehead atoms. The zero-order valence-electron chi connectivity index (χ0n) is 9.41. The third-order valence-electron chi connectivity index (χ3n) is 3.01. The van der Waals surface area contributed by atoms with Gasteiger partial charge in [-0.2, -0.15) is 5.10 Å². The first-order chi connectivity index (χ1) is 8.39. The van der Waals surface area contributed by atoms with Crippen LogP contribution in [-0.2, 0) is 21.9 Å². The van der Waals surface area contributed by atoms with Crippen molar-refractivity contribution in [2.45, 2.75) is 0 Å². The van der Waals surface area contributed by atoms with Crippen LogP contribution in [0.4, 0.5) is 0 Å². The van der Waals surface area contributed by atoms with Crippen molar-refractivity contribution in [3.05, 3.63) is 39.4 Å². The van der Waals surface area contributed by atoms with Gasteiger partial charge in [-0.1, -0.05) is 6.08 Å². The molecule has 18 heavy (non-hydrogen) atoms. The Morgan fingerprint density at radius 1 is 1.33 bits per heavy atom. The van der Waals surface area contributed by atoms with Crippen molar-refractivity contribution in [1.29, 1.82) is 0 Å². The third-order valence-corrected chi connectivity index (χ3v) is 3.94. The molecule has 0 radical (unpaired) electrons. The van der Waals surface area contributed by atoms with Crippen molar-refractivity contribution in [2.24, 2.45) is 12.2 Å². The molecule has 0 unspecified atom stereocenters. The van der Waals surface area contributed by atoms with Gasteiger partial charge in [0.05, 0.1) is 11.5 Å². The summed E-state index contributed by atoms with van der Waals surface area (Å²) < 4.78 is 24.3. The van der Waals surface area contributed by atoms with Gasteiger partial charge < -0.3 is 0 Å². The second kappa shape index (κ2) is 3.27. The summed E-state index contributed by atoms with van der Waals surface area (Å²) in [5.41, 5.74) is 1.04. The average molecular weight is 263 g/mol. The van der Waals surface area contributed by atoms with Crippen LogP contribution in [0.25, 0.3) is 11.6 Å². The van der Waals surface area contributed by atoms with Gasteiger partial charge in [-0.15, -0.1) is 0 Å². The number of Topliss-reactive ketones (excluding diaryl/α,β-unsaturated/α-hetero) is 1. The van der Waals surface area contributed by atoms with Crippen molar-refractivity contribution in [1.82, 2.24) is 9.78 Å². The maximum absolute atomic E-state index is 12.2. The molecule has 2 N–H and O–H groups in total. The van der Waals surface area contributed by atoms with Crippen molar-refractivity contribution in [2.75, 3.05) is 0 Å². The molecule has 0 saturated carbocycles. The molecule has 92 valence electrons. The number of primary sulfonamides is 1. The molecule has 0 aromatic carbocycles. The van der Waals surface area contributed by atoms with E-state index in [2.05, 4.69) is 5.10 Å². The van der Waals surface area contributed by atoms with E-state index >= 15 is 0 Å². The highest BCUT2D eigenvalue weighted by Gasteiger charge is 2.31. The zero-order valence-corrected chi connectivity index (χ0v) is 10.2. The van der Waals surface area contributed by atoms with E-state index in [-0.39, 0.29) is 4.91 Å². The second-order valence-corrected chi connectivity index (χ2v) is 5.64. The SMILES string of the molecule is Cn1ncc2c1=CC1=CC=C(S(N)(=O)=O)C(=O)C=21. The van der Waals surface area contributed by atoms with Crippen molar-refractivity contribution >= 4 is 27.5 Å². The monoisotopic (exact) mass is 263 g/mol. The minimum Gasteiger partial charge on any atom is -0.288 e. The molecule has 1 aromatic heterocycles. The van der Waals surface area contributed by atoms with Gasteiger partial charge in [0.15, 0.2) is 0 Å². The molecule has 0 fully saturated rings. The maximum Gasteiger partial charge on any atom is 0.241 e. The van der Waals surface area contributed by atoms with Gasteiger partial charge in [-0.3, -0.25) is 9.48 Å². The lowest BCUT2D eigenvalue weighted by atomic mass is 9.99. The van der Waals surface area contributed by atoms with Gasteiger partial charge in [-0.05, 0) is 17.7 Å². The van der Waals surface area contributed by atoms with E-state index in [4.69, 9.17) is 5.14 Å². The number of hydrogen-bond acceptors (Lipinski definition) is 4. The zero-order chi connectivity index (χ0) is 13.1. The van der Waals surface area contributed by atoms with Gasteiger partial charge in [0, 0.05) is 17.8 Å². The number of fused-ring (bicyclic) bond motifs is 2. The number of nitrogens with zero attached hydrogens (tertiary/aromatic N) is 2. The minimum absolute atomic E-state index is 0.352. The number of aromatic nitrogens is 2. The summed E-state index contributed by atoms with van der Waals surface area (Å²) in [7, 11) is -2.25. The van der Waals surface area contributed by atoms with E-state index in [0.717, 1.165) is 5.35 Å². The predicted molar refractivity (Wildman–Crippen MR) is 64.6 cm³/mol. The van der Waals surface area contributed by atoms with E-state index < -0.39 is 15.8 Å². The average Bonchev–Trinajstić information content (AvgIpc) is 2.78. The summed E-state index contributed by atoms with van der Waals surface area (Å²) >= 11 is 0. The topological polar surface area (TPSA) is 95.1 Å². The summed E-state index contributed by atoms with van der Waals surface area (Å²) in [6, 6.07) is 0. The summed E-state index contributed by atoms with van der Waals surface area (Å²) in [5.74, 6) is -0.571. The Bertz CT molecular complexity index is 869. The maximum atomic E-state index is 12.2. The highest BCUT2D eigenvalue weighted by molar-refractivity contribution is 7.94. The lowest BCUT2D eigenvalue weighted by molar-refractivity contribution is -0.110. The van der Waals surface area contributed by atoms with E-state index in [1.807, 2.05) is 0 Å². The molecule has 0 aliphatic heterocycles. The van der Waals surface area contributed by atoms with Gasteiger partial charge in [-0.25, -0.2) is 13.6 Å². The molecular formula is C11H9N3O3S. The van der Waals surface area contributed by atoms with Crippen LogP contribution < -0.4 is 15.7 Å². The highest BCUT2D eigenvalue weighted by Crippen LogP contribution is 2.25. The molecule has 2 aliphatic rings. The lowest BCUT2D eigenvalue weighted by Gasteiger charge is -2.10. The molecule has 3 rings (SSSR count). The number of hydrogen-bond donors (Lipinski definition) is 1. The normalized spacial score (nSPS) is 17.9. The Hall–Kier alpha value is -1.99. The van der Waals surface area contributed by atoms with Crippen LogP contribution in [0, 0.1) is 0 Å². The number of rotatable bonds is 1. The van der Waals surface area contributed by atoms with Crippen LogP contribution in [0.2, 0.25) is 0 Å². The number of sulfonamides is 1. The minimum atomic E-state index is -4.00. The lowest BCUT2D eigenvalue weighted by Crippen LogP contribution is -2.29. The first kappa shape index (κ1) is 11.1. The van der Waals surface area contributed by atoms with Crippen molar-refractivity contribution < 1.29 is 13.2 Å². The van der Waals surface area contributed by atoms with Crippen molar-refractivity contribution in [3.63, 3.8) is 0 Å². The first-order valence-corrected chi connectivity index (χ1v) is 6.68. The smallest absolute Gasteiger partial charge is 0.241 e.